The normalized spacial score (nSPS) is 18.8. The minimum absolute atomic E-state index is 0.0575. The van der Waals surface area contributed by atoms with E-state index in [-0.39, 0.29) is 6.10 Å². The molecule has 1 fully saturated rings. The van der Waals surface area contributed by atoms with E-state index in [1.807, 2.05) is 19.3 Å². The van der Waals surface area contributed by atoms with Gasteiger partial charge in [0.05, 0.1) is 0 Å². The molecule has 0 amide bonds. The van der Waals surface area contributed by atoms with E-state index in [1.54, 1.807) is 0 Å². The van der Waals surface area contributed by atoms with E-state index < -0.39 is 0 Å². The summed E-state index contributed by atoms with van der Waals surface area (Å²) in [6.07, 6.45) is 10.1. The topological polar surface area (TPSA) is 61.0 Å². The fraction of sp³-hybridized carbons (Fsp3) is 0.714. The average molecular weight is 249 g/mol. The minimum Gasteiger partial charge on any atom is -0.370 e. The quantitative estimate of drug-likeness (QED) is 0.871. The van der Waals surface area contributed by atoms with Crippen LogP contribution in [-0.4, -0.2) is 16.6 Å². The highest BCUT2D eigenvalue weighted by Gasteiger charge is 2.27. The van der Waals surface area contributed by atoms with E-state index in [1.165, 1.54) is 32.1 Å². The molecule has 0 bridgehead atoms. The molecule has 1 atom stereocenters. The molecule has 1 heterocycles. The first-order valence-electron chi connectivity index (χ1n) is 6.97. The number of aromatic nitrogens is 2. The van der Waals surface area contributed by atoms with E-state index in [4.69, 9.17) is 10.5 Å². The average Bonchev–Trinajstić information content (AvgIpc) is 2.46. The molecular weight excluding hydrogens is 226 g/mol. The predicted octanol–water partition coefficient (Wildman–Crippen LogP) is 2.59. The van der Waals surface area contributed by atoms with Crippen LogP contribution < -0.4 is 5.73 Å². The molecule has 1 unspecified atom stereocenters. The summed E-state index contributed by atoms with van der Waals surface area (Å²) >= 11 is 0. The summed E-state index contributed by atoms with van der Waals surface area (Å²) in [5.74, 6) is 1.39. The molecular formula is C14H23N3O. The Morgan fingerprint density at radius 2 is 1.94 bits per heavy atom. The zero-order chi connectivity index (χ0) is 12.8. The molecule has 1 aliphatic carbocycles. The van der Waals surface area contributed by atoms with Crippen LogP contribution in [0.5, 0.6) is 0 Å². The van der Waals surface area contributed by atoms with Crippen molar-refractivity contribution in [3.8, 4) is 0 Å². The summed E-state index contributed by atoms with van der Waals surface area (Å²) in [5.41, 5.74) is 6.54. The molecule has 2 rings (SSSR count). The lowest BCUT2D eigenvalue weighted by Gasteiger charge is -2.28. The largest absolute Gasteiger partial charge is 0.370 e. The minimum atomic E-state index is 0.0575. The zero-order valence-electron chi connectivity index (χ0n) is 11.1. The number of nitrogens with zero attached hydrogens (tertiary/aromatic N) is 2. The van der Waals surface area contributed by atoms with Gasteiger partial charge in [-0.25, -0.2) is 9.97 Å². The second-order valence-electron chi connectivity index (χ2n) is 4.93. The van der Waals surface area contributed by atoms with E-state index in [0.717, 1.165) is 11.4 Å². The molecule has 0 spiro atoms. The van der Waals surface area contributed by atoms with Gasteiger partial charge in [-0.2, -0.15) is 0 Å². The van der Waals surface area contributed by atoms with Gasteiger partial charge in [-0.3, -0.25) is 0 Å². The van der Waals surface area contributed by atoms with Gasteiger partial charge in [0.25, 0.3) is 0 Å². The number of hydrogen-bond acceptors (Lipinski definition) is 4. The molecule has 18 heavy (non-hydrogen) atoms. The van der Waals surface area contributed by atoms with Crippen molar-refractivity contribution in [3.05, 3.63) is 23.8 Å². The summed E-state index contributed by atoms with van der Waals surface area (Å²) in [5, 5.41) is 0. The van der Waals surface area contributed by atoms with E-state index in [9.17, 15) is 0 Å². The van der Waals surface area contributed by atoms with Gasteiger partial charge in [-0.05, 0) is 25.7 Å². The van der Waals surface area contributed by atoms with Crippen molar-refractivity contribution in [2.24, 2.45) is 11.7 Å². The summed E-state index contributed by atoms with van der Waals surface area (Å²) < 4.78 is 5.88. The number of nitrogens with two attached hydrogens (primary N) is 1. The van der Waals surface area contributed by atoms with Crippen molar-refractivity contribution in [2.45, 2.75) is 51.7 Å². The van der Waals surface area contributed by atoms with Crippen LogP contribution in [0.25, 0.3) is 0 Å². The molecule has 1 aliphatic rings. The Morgan fingerprint density at radius 1 is 1.28 bits per heavy atom. The first kappa shape index (κ1) is 13.4. The van der Waals surface area contributed by atoms with E-state index in [0.29, 0.717) is 19.1 Å². The van der Waals surface area contributed by atoms with Gasteiger partial charge in [-0.1, -0.05) is 19.3 Å². The Morgan fingerprint density at radius 3 is 2.50 bits per heavy atom. The number of hydrogen-bond donors (Lipinski definition) is 1. The first-order chi connectivity index (χ1) is 8.85. The standard InChI is InChI=1S/C14H23N3O/c1-2-18-13(12-6-4-3-5-7-12)14-16-9-11(8-15)10-17-14/h9-10,12-13H,2-8,15H2,1H3. The Bertz CT molecular complexity index is 347. The van der Waals surface area contributed by atoms with Gasteiger partial charge in [0.2, 0.25) is 0 Å². The lowest BCUT2D eigenvalue weighted by Crippen LogP contribution is -2.21. The molecule has 0 radical (unpaired) electrons. The van der Waals surface area contributed by atoms with Gasteiger partial charge in [-0.15, -0.1) is 0 Å². The highest BCUT2D eigenvalue weighted by molar-refractivity contribution is 5.06. The Labute approximate surface area is 109 Å². The third-order valence-electron chi connectivity index (χ3n) is 3.64. The van der Waals surface area contributed by atoms with Crippen molar-refractivity contribution >= 4 is 0 Å². The maximum atomic E-state index is 5.88. The van der Waals surface area contributed by atoms with Crippen molar-refractivity contribution in [3.63, 3.8) is 0 Å². The predicted molar refractivity (Wildman–Crippen MR) is 70.9 cm³/mol. The summed E-state index contributed by atoms with van der Waals surface area (Å²) in [6.45, 7) is 3.23. The second kappa shape index (κ2) is 6.81. The van der Waals surface area contributed by atoms with Crippen LogP contribution in [-0.2, 0) is 11.3 Å². The van der Waals surface area contributed by atoms with Crippen molar-refractivity contribution in [1.29, 1.82) is 0 Å². The van der Waals surface area contributed by atoms with Gasteiger partial charge in [0.1, 0.15) is 6.10 Å². The van der Waals surface area contributed by atoms with Crippen LogP contribution in [0.15, 0.2) is 12.4 Å². The summed E-state index contributed by atoms with van der Waals surface area (Å²) in [4.78, 5) is 8.86. The Kier molecular flexibility index (Phi) is 5.08. The highest BCUT2D eigenvalue weighted by Crippen LogP contribution is 2.35. The van der Waals surface area contributed by atoms with Crippen LogP contribution >= 0.6 is 0 Å². The van der Waals surface area contributed by atoms with E-state index >= 15 is 0 Å². The molecule has 0 aromatic carbocycles. The summed E-state index contributed by atoms with van der Waals surface area (Å²) in [7, 11) is 0. The number of ether oxygens (including phenoxy) is 1. The third kappa shape index (κ3) is 3.27. The molecule has 100 valence electrons. The molecule has 4 nitrogen and oxygen atoms in total. The monoisotopic (exact) mass is 249 g/mol. The molecule has 0 aliphatic heterocycles. The van der Waals surface area contributed by atoms with Crippen molar-refractivity contribution < 1.29 is 4.74 Å². The van der Waals surface area contributed by atoms with Crippen LogP contribution in [0, 0.1) is 5.92 Å². The lowest BCUT2D eigenvalue weighted by atomic mass is 9.85. The molecule has 2 N–H and O–H groups in total. The van der Waals surface area contributed by atoms with Crippen molar-refractivity contribution in [2.75, 3.05) is 6.61 Å². The van der Waals surface area contributed by atoms with Crippen LogP contribution in [0.1, 0.15) is 56.5 Å². The van der Waals surface area contributed by atoms with Gasteiger partial charge >= 0.3 is 0 Å². The maximum Gasteiger partial charge on any atom is 0.157 e. The van der Waals surface area contributed by atoms with E-state index in [2.05, 4.69) is 9.97 Å². The Balaban J connectivity index is 2.11. The molecule has 1 aromatic rings. The van der Waals surface area contributed by atoms with Crippen molar-refractivity contribution in [1.82, 2.24) is 9.97 Å². The fourth-order valence-electron chi connectivity index (χ4n) is 2.66. The maximum absolute atomic E-state index is 5.88. The van der Waals surface area contributed by atoms with Gasteiger partial charge < -0.3 is 10.5 Å². The lowest BCUT2D eigenvalue weighted by molar-refractivity contribution is -0.000227. The highest BCUT2D eigenvalue weighted by atomic mass is 16.5. The SMILES string of the molecule is CCOC(c1ncc(CN)cn1)C1CCCCC1. The third-order valence-corrected chi connectivity index (χ3v) is 3.64. The Hall–Kier alpha value is -1.00. The zero-order valence-corrected chi connectivity index (χ0v) is 11.1. The smallest absolute Gasteiger partial charge is 0.157 e. The van der Waals surface area contributed by atoms with Gasteiger partial charge in [0, 0.05) is 31.1 Å². The molecule has 1 aromatic heterocycles. The van der Waals surface area contributed by atoms with Gasteiger partial charge in [0.15, 0.2) is 5.82 Å². The molecule has 4 heteroatoms. The molecule has 1 saturated carbocycles. The second-order valence-corrected chi connectivity index (χ2v) is 4.93. The van der Waals surface area contributed by atoms with Crippen LogP contribution in [0.2, 0.25) is 0 Å². The first-order valence-corrected chi connectivity index (χ1v) is 6.97. The fourth-order valence-corrected chi connectivity index (χ4v) is 2.66. The van der Waals surface area contributed by atoms with Crippen LogP contribution in [0.3, 0.4) is 0 Å². The van der Waals surface area contributed by atoms with Crippen LogP contribution in [0.4, 0.5) is 0 Å². The molecule has 0 saturated heterocycles. The summed E-state index contributed by atoms with van der Waals surface area (Å²) in [6, 6.07) is 0. The number of rotatable bonds is 5.